The number of carbonyl (C=O) groups is 2. The Hall–Kier alpha value is -2.48. The maximum Gasteiger partial charge on any atom is 0.242 e. The molecule has 1 unspecified atom stereocenters. The van der Waals surface area contributed by atoms with Gasteiger partial charge in [0.2, 0.25) is 11.8 Å². The molecule has 0 spiro atoms. The summed E-state index contributed by atoms with van der Waals surface area (Å²) in [6, 6.07) is -0.653. The molecular weight excluding hydrogens is 302 g/mol. The van der Waals surface area contributed by atoms with Crippen LogP contribution in [0.3, 0.4) is 0 Å². The number of hydrogen-bond donors (Lipinski definition) is 3. The van der Waals surface area contributed by atoms with Crippen LogP contribution in [0.25, 0.3) is 20.9 Å². The number of nitrogens with one attached hydrogen (secondary N) is 2. The largest absolute Gasteiger partial charge is 0.354 e. The predicted molar refractivity (Wildman–Crippen MR) is 85.1 cm³/mol. The average molecular weight is 325 g/mol. The summed E-state index contributed by atoms with van der Waals surface area (Å²) in [5.41, 5.74) is 21.8. The summed E-state index contributed by atoms with van der Waals surface area (Å²) in [6.07, 6.45) is 2.50. The van der Waals surface area contributed by atoms with Crippen molar-refractivity contribution in [3.63, 3.8) is 0 Å². The maximum atomic E-state index is 12.1. The lowest BCUT2D eigenvalue weighted by atomic mass is 10.1. The van der Waals surface area contributed by atoms with Crippen LogP contribution in [0.5, 0.6) is 0 Å². The van der Waals surface area contributed by atoms with Crippen LogP contribution in [0, 0.1) is 0 Å². The summed E-state index contributed by atoms with van der Waals surface area (Å²) in [7, 11) is 0. The fourth-order valence-electron chi connectivity index (χ4n) is 1.75. The molecule has 0 aromatic carbocycles. The second-order valence-corrected chi connectivity index (χ2v) is 4.71. The normalized spacial score (nSPS) is 10.8. The first kappa shape index (κ1) is 20.5. The van der Waals surface area contributed by atoms with Crippen molar-refractivity contribution in [1.82, 2.24) is 10.6 Å². The van der Waals surface area contributed by atoms with Gasteiger partial charge in [-0.05, 0) is 43.3 Å². The molecule has 0 fully saturated rings. The molecule has 1 atom stereocenters. The Kier molecular flexibility index (Phi) is 12.9. The fourth-order valence-corrected chi connectivity index (χ4v) is 1.75. The van der Waals surface area contributed by atoms with Crippen molar-refractivity contribution in [1.29, 1.82) is 0 Å². The van der Waals surface area contributed by atoms with E-state index in [1.54, 1.807) is 0 Å². The van der Waals surface area contributed by atoms with E-state index >= 15 is 0 Å². The molecular formula is C12H23N9O2. The van der Waals surface area contributed by atoms with Crippen molar-refractivity contribution >= 4 is 11.8 Å². The van der Waals surface area contributed by atoms with E-state index in [0.717, 1.165) is 6.42 Å². The van der Waals surface area contributed by atoms with Gasteiger partial charge in [0.25, 0.3) is 0 Å². The van der Waals surface area contributed by atoms with Crippen LogP contribution in [0.2, 0.25) is 0 Å². The molecule has 0 aromatic rings. The summed E-state index contributed by atoms with van der Waals surface area (Å²) in [5.74, 6) is -0.639. The van der Waals surface area contributed by atoms with Crippen LogP contribution in [-0.4, -0.2) is 44.0 Å². The van der Waals surface area contributed by atoms with Crippen LogP contribution in [-0.2, 0) is 9.59 Å². The summed E-state index contributed by atoms with van der Waals surface area (Å²) in [6.45, 7) is 1.23. The van der Waals surface area contributed by atoms with Gasteiger partial charge in [-0.15, -0.1) is 0 Å². The third kappa shape index (κ3) is 11.8. The predicted octanol–water partition coefficient (Wildman–Crippen LogP) is 1.12. The smallest absolute Gasteiger partial charge is 0.242 e. The van der Waals surface area contributed by atoms with E-state index in [4.69, 9.17) is 16.8 Å². The number of azide groups is 2. The summed E-state index contributed by atoms with van der Waals surface area (Å²) < 4.78 is 0. The van der Waals surface area contributed by atoms with Crippen LogP contribution in [0.4, 0.5) is 0 Å². The van der Waals surface area contributed by atoms with Crippen LogP contribution >= 0.6 is 0 Å². The van der Waals surface area contributed by atoms with Crippen molar-refractivity contribution < 1.29 is 9.59 Å². The molecule has 11 heteroatoms. The number of rotatable bonds is 13. The molecule has 0 rings (SSSR count). The number of hydrogen-bond acceptors (Lipinski definition) is 5. The summed E-state index contributed by atoms with van der Waals surface area (Å²) in [5, 5.41) is 12.0. The number of unbranched alkanes of at least 4 members (excludes halogenated alkanes) is 1. The molecule has 0 aliphatic carbocycles. The van der Waals surface area contributed by atoms with E-state index < -0.39 is 6.04 Å². The Labute approximate surface area is 134 Å². The third-order valence-corrected chi connectivity index (χ3v) is 2.90. The minimum absolute atomic E-state index is 0.0294. The van der Waals surface area contributed by atoms with E-state index in [-0.39, 0.29) is 24.8 Å². The first-order chi connectivity index (χ1) is 11.2. The quantitative estimate of drug-likeness (QED) is 0.199. The zero-order valence-corrected chi connectivity index (χ0v) is 13.0. The highest BCUT2D eigenvalue weighted by Gasteiger charge is 2.19. The molecule has 0 aliphatic rings. The number of nitrogens with zero attached hydrogens (tertiary/aromatic N) is 6. The number of carbonyl (C=O) groups excluding carboxylic acids is 2. The minimum Gasteiger partial charge on any atom is -0.354 e. The molecule has 0 saturated carbocycles. The topological polar surface area (TPSA) is 182 Å². The second-order valence-electron chi connectivity index (χ2n) is 4.71. The van der Waals surface area contributed by atoms with Gasteiger partial charge < -0.3 is 16.4 Å². The highest BCUT2D eigenvalue weighted by Crippen LogP contribution is 2.02. The number of nitrogens with two attached hydrogens (primary N) is 1. The second kappa shape index (κ2) is 14.5. The molecule has 0 aliphatic heterocycles. The number of amides is 2. The van der Waals surface area contributed by atoms with E-state index in [0.29, 0.717) is 38.9 Å². The van der Waals surface area contributed by atoms with E-state index in [1.807, 2.05) is 0 Å². The first-order valence-corrected chi connectivity index (χ1v) is 7.44. The minimum atomic E-state index is -0.653. The molecule has 128 valence electrons. The van der Waals surface area contributed by atoms with Gasteiger partial charge in [-0.25, -0.2) is 0 Å². The van der Waals surface area contributed by atoms with Crippen LogP contribution in [0.1, 0.15) is 32.1 Å². The maximum absolute atomic E-state index is 12.1. The van der Waals surface area contributed by atoms with E-state index in [1.165, 1.54) is 0 Å². The third-order valence-electron chi connectivity index (χ3n) is 2.90. The van der Waals surface area contributed by atoms with Crippen LogP contribution < -0.4 is 16.4 Å². The molecule has 2 amide bonds. The van der Waals surface area contributed by atoms with Gasteiger partial charge in [0.1, 0.15) is 6.04 Å². The Morgan fingerprint density at radius 1 is 1.09 bits per heavy atom. The van der Waals surface area contributed by atoms with Gasteiger partial charge in [-0.3, -0.25) is 9.59 Å². The molecule has 0 aromatic heterocycles. The lowest BCUT2D eigenvalue weighted by Crippen LogP contribution is -2.47. The Morgan fingerprint density at radius 2 is 1.78 bits per heavy atom. The molecule has 23 heavy (non-hydrogen) atoms. The molecule has 0 saturated heterocycles. The fraction of sp³-hybridized carbons (Fsp3) is 0.833. The highest BCUT2D eigenvalue weighted by molar-refractivity contribution is 5.87. The molecule has 11 nitrogen and oxygen atoms in total. The van der Waals surface area contributed by atoms with Crippen molar-refractivity contribution in [3.8, 4) is 0 Å². The SMILES string of the molecule is [N-]=[N+]=NCCCNC(=O)C(CCCCN)NC(=O)CCN=[N+]=[N-]. The van der Waals surface area contributed by atoms with Crippen molar-refractivity contribution in [2.45, 2.75) is 38.1 Å². The van der Waals surface area contributed by atoms with Gasteiger partial charge in [-0.1, -0.05) is 10.2 Å². The van der Waals surface area contributed by atoms with E-state index in [9.17, 15) is 9.59 Å². The Bertz CT molecular complexity index is 455. The summed E-state index contributed by atoms with van der Waals surface area (Å²) >= 11 is 0. The zero-order chi connectivity index (χ0) is 17.3. The first-order valence-electron chi connectivity index (χ1n) is 7.44. The van der Waals surface area contributed by atoms with Crippen molar-refractivity contribution in [2.24, 2.45) is 16.0 Å². The van der Waals surface area contributed by atoms with Gasteiger partial charge in [0, 0.05) is 35.9 Å². The van der Waals surface area contributed by atoms with Gasteiger partial charge in [0.15, 0.2) is 0 Å². The lowest BCUT2D eigenvalue weighted by molar-refractivity contribution is -0.129. The van der Waals surface area contributed by atoms with E-state index in [2.05, 4.69) is 30.7 Å². The molecule has 4 N–H and O–H groups in total. The lowest BCUT2D eigenvalue weighted by Gasteiger charge is -2.18. The van der Waals surface area contributed by atoms with Gasteiger partial charge in [0.05, 0.1) is 0 Å². The van der Waals surface area contributed by atoms with Gasteiger partial charge >= 0.3 is 0 Å². The van der Waals surface area contributed by atoms with Gasteiger partial charge in [-0.2, -0.15) is 0 Å². The van der Waals surface area contributed by atoms with Crippen LogP contribution in [0.15, 0.2) is 10.2 Å². The van der Waals surface area contributed by atoms with Crippen molar-refractivity contribution in [3.05, 3.63) is 20.9 Å². The standard InChI is InChI=1S/C12H23N9O2/c13-6-2-1-4-10(19-11(22)5-9-18-21-15)12(23)16-7-3-8-17-20-14/h10H,1-9,13H2,(H,16,23)(H,19,22). The van der Waals surface area contributed by atoms with Crippen molar-refractivity contribution in [2.75, 3.05) is 26.2 Å². The summed E-state index contributed by atoms with van der Waals surface area (Å²) in [4.78, 5) is 29.0. The molecule has 0 bridgehead atoms. The highest BCUT2D eigenvalue weighted by atomic mass is 16.2. The Morgan fingerprint density at radius 3 is 2.43 bits per heavy atom. The zero-order valence-electron chi connectivity index (χ0n) is 13.0. The average Bonchev–Trinajstić information content (AvgIpc) is 2.54. The Balaban J connectivity index is 4.34. The monoisotopic (exact) mass is 325 g/mol. The molecule has 0 heterocycles. The molecule has 0 radical (unpaired) electrons.